The number of carbonyl (C=O) groups is 1. The number of aryl methyl sites for hydroxylation is 1. The molecular formula is C23H19FN4O3S2. The zero-order valence-corrected chi connectivity index (χ0v) is 19.0. The number of carbonyl (C=O) groups excluding carboxylic acids is 1. The number of hydrogen-bond acceptors (Lipinski definition) is 4. The second kappa shape index (κ2) is 9.00. The minimum Gasteiger partial charge on any atom is -0.337 e. The van der Waals surface area contributed by atoms with Crippen molar-refractivity contribution >= 4 is 39.5 Å². The summed E-state index contributed by atoms with van der Waals surface area (Å²) in [6.07, 6.45) is 3.51. The van der Waals surface area contributed by atoms with Gasteiger partial charge in [0.05, 0.1) is 4.90 Å². The van der Waals surface area contributed by atoms with Crippen LogP contribution in [-0.4, -0.2) is 23.9 Å². The molecule has 0 spiro atoms. The molecule has 0 aliphatic carbocycles. The fraction of sp³-hybridized carbons (Fsp3) is 0.0435. The van der Waals surface area contributed by atoms with Gasteiger partial charge in [-0.25, -0.2) is 12.8 Å². The first-order valence-corrected chi connectivity index (χ1v) is 11.7. The van der Waals surface area contributed by atoms with Gasteiger partial charge in [-0.05, 0) is 85.4 Å². The Kier molecular flexibility index (Phi) is 6.12. The van der Waals surface area contributed by atoms with E-state index in [0.717, 1.165) is 11.8 Å². The largest absolute Gasteiger partial charge is 0.337 e. The highest BCUT2D eigenvalue weighted by Gasteiger charge is 2.16. The Morgan fingerprint density at radius 3 is 2.45 bits per heavy atom. The maximum Gasteiger partial charge on any atom is 0.261 e. The SMILES string of the molecule is Cc1cc(S(=O)(=O)Nc2ccc(C(=O)Nc3cccc(-n4cc[nH]c4=S)c3)cc2)ccc1F. The Morgan fingerprint density at radius 1 is 1.03 bits per heavy atom. The van der Waals surface area contributed by atoms with Crippen LogP contribution in [0.3, 0.4) is 0 Å². The summed E-state index contributed by atoms with van der Waals surface area (Å²) in [6.45, 7) is 1.49. The maximum atomic E-state index is 13.4. The van der Waals surface area contributed by atoms with E-state index in [-0.39, 0.29) is 22.1 Å². The molecule has 3 aromatic carbocycles. The van der Waals surface area contributed by atoms with Crippen molar-refractivity contribution in [3.63, 3.8) is 0 Å². The van der Waals surface area contributed by atoms with Crippen molar-refractivity contribution in [3.05, 3.63) is 101 Å². The van der Waals surface area contributed by atoms with Gasteiger partial charge in [-0.15, -0.1) is 0 Å². The molecule has 0 aliphatic rings. The average Bonchev–Trinajstić information content (AvgIpc) is 3.22. The third-order valence-corrected chi connectivity index (χ3v) is 6.56. The van der Waals surface area contributed by atoms with E-state index in [1.165, 1.54) is 43.3 Å². The number of benzene rings is 3. The summed E-state index contributed by atoms with van der Waals surface area (Å²) >= 11 is 5.22. The van der Waals surface area contributed by atoms with Crippen molar-refractivity contribution in [3.8, 4) is 5.69 Å². The van der Waals surface area contributed by atoms with Gasteiger partial charge in [-0.2, -0.15) is 0 Å². The van der Waals surface area contributed by atoms with Crippen LogP contribution in [0.25, 0.3) is 5.69 Å². The number of halogens is 1. The van der Waals surface area contributed by atoms with Gasteiger partial charge in [0.1, 0.15) is 5.82 Å². The van der Waals surface area contributed by atoms with Gasteiger partial charge in [0, 0.05) is 35.0 Å². The van der Waals surface area contributed by atoms with Gasteiger partial charge in [0.2, 0.25) is 0 Å². The minimum atomic E-state index is -3.89. The first kappa shape index (κ1) is 22.4. The monoisotopic (exact) mass is 482 g/mol. The number of sulfonamides is 1. The molecule has 4 aromatic rings. The van der Waals surface area contributed by atoms with E-state index in [1.54, 1.807) is 35.2 Å². The van der Waals surface area contributed by atoms with Crippen molar-refractivity contribution in [2.75, 3.05) is 10.0 Å². The van der Waals surface area contributed by atoms with Crippen LogP contribution in [0, 0.1) is 17.5 Å². The molecule has 3 N–H and O–H groups in total. The van der Waals surface area contributed by atoms with Gasteiger partial charge in [-0.1, -0.05) is 6.07 Å². The smallest absolute Gasteiger partial charge is 0.261 e. The topological polar surface area (TPSA) is 96.0 Å². The Bertz CT molecular complexity index is 1490. The normalized spacial score (nSPS) is 11.2. The molecule has 1 heterocycles. The minimum absolute atomic E-state index is 0.0503. The molecule has 0 atom stereocenters. The summed E-state index contributed by atoms with van der Waals surface area (Å²) in [4.78, 5) is 15.5. The molecule has 0 saturated carbocycles. The molecule has 0 saturated heterocycles. The second-order valence-electron chi connectivity index (χ2n) is 7.23. The molecule has 1 aromatic heterocycles. The van der Waals surface area contributed by atoms with E-state index in [9.17, 15) is 17.6 Å². The maximum absolute atomic E-state index is 13.4. The number of rotatable bonds is 6. The number of imidazole rings is 1. The summed E-state index contributed by atoms with van der Waals surface area (Å²) in [5.74, 6) is -0.834. The van der Waals surface area contributed by atoms with Crippen LogP contribution >= 0.6 is 12.2 Å². The molecular weight excluding hydrogens is 463 g/mol. The van der Waals surface area contributed by atoms with E-state index in [0.29, 0.717) is 16.0 Å². The van der Waals surface area contributed by atoms with Gasteiger partial charge in [-0.3, -0.25) is 14.1 Å². The molecule has 168 valence electrons. The fourth-order valence-electron chi connectivity index (χ4n) is 3.15. The average molecular weight is 483 g/mol. The van der Waals surface area contributed by atoms with Gasteiger partial charge < -0.3 is 10.3 Å². The number of nitrogens with zero attached hydrogens (tertiary/aromatic N) is 1. The van der Waals surface area contributed by atoms with Crippen LogP contribution in [0.4, 0.5) is 15.8 Å². The number of aromatic nitrogens is 2. The molecule has 7 nitrogen and oxygen atoms in total. The molecule has 1 amide bonds. The third-order valence-electron chi connectivity index (χ3n) is 4.87. The van der Waals surface area contributed by atoms with Gasteiger partial charge in [0.15, 0.2) is 4.77 Å². The Labute approximate surface area is 195 Å². The number of anilines is 2. The number of hydrogen-bond donors (Lipinski definition) is 3. The first-order chi connectivity index (χ1) is 15.7. The van der Waals surface area contributed by atoms with E-state index in [1.807, 2.05) is 6.07 Å². The van der Waals surface area contributed by atoms with Crippen molar-refractivity contribution in [1.29, 1.82) is 0 Å². The molecule has 0 bridgehead atoms. The summed E-state index contributed by atoms with van der Waals surface area (Å²) in [5.41, 5.74) is 2.22. The quantitative estimate of drug-likeness (QED) is 0.336. The predicted octanol–water partition coefficient (Wildman–Crippen LogP) is 5.04. The summed E-state index contributed by atoms with van der Waals surface area (Å²) in [7, 11) is -3.89. The van der Waals surface area contributed by atoms with Crippen molar-refractivity contribution in [2.45, 2.75) is 11.8 Å². The highest BCUT2D eigenvalue weighted by atomic mass is 32.2. The summed E-state index contributed by atoms with van der Waals surface area (Å²) < 4.78 is 43.3. The fourth-order valence-corrected chi connectivity index (χ4v) is 4.53. The van der Waals surface area contributed by atoms with E-state index in [4.69, 9.17) is 12.2 Å². The lowest BCUT2D eigenvalue weighted by molar-refractivity contribution is 0.102. The molecule has 0 fully saturated rings. The molecule has 0 aliphatic heterocycles. The number of nitrogens with one attached hydrogen (secondary N) is 3. The van der Waals surface area contributed by atoms with Crippen LogP contribution in [0.5, 0.6) is 0 Å². The second-order valence-corrected chi connectivity index (χ2v) is 9.30. The highest BCUT2D eigenvalue weighted by molar-refractivity contribution is 7.92. The van der Waals surface area contributed by atoms with Crippen LogP contribution in [-0.2, 0) is 10.0 Å². The van der Waals surface area contributed by atoms with Crippen molar-refractivity contribution < 1.29 is 17.6 Å². The summed E-state index contributed by atoms with van der Waals surface area (Å²) in [5, 5.41) is 2.81. The molecule has 4 rings (SSSR count). The standard InChI is InChI=1S/C23H19FN4O3S2/c1-15-13-20(9-10-21(15)24)33(30,31)27-17-7-5-16(6-8-17)22(29)26-18-3-2-4-19(14-18)28-12-11-25-23(28)32/h2-14,27H,1H3,(H,25,32)(H,26,29). The van der Waals surface area contributed by atoms with Crippen LogP contribution in [0.15, 0.2) is 84.0 Å². The zero-order valence-electron chi connectivity index (χ0n) is 17.4. The number of H-pyrrole nitrogens is 1. The number of amides is 1. The van der Waals surface area contributed by atoms with Crippen molar-refractivity contribution in [2.24, 2.45) is 0 Å². The lowest BCUT2D eigenvalue weighted by Crippen LogP contribution is -2.14. The van der Waals surface area contributed by atoms with Crippen LogP contribution < -0.4 is 10.0 Å². The summed E-state index contributed by atoms with van der Waals surface area (Å²) in [6, 6.07) is 16.8. The Hall–Kier alpha value is -3.76. The molecule has 10 heteroatoms. The molecule has 0 radical (unpaired) electrons. The van der Waals surface area contributed by atoms with E-state index in [2.05, 4.69) is 15.0 Å². The first-order valence-electron chi connectivity index (χ1n) is 9.80. The van der Waals surface area contributed by atoms with Crippen molar-refractivity contribution in [1.82, 2.24) is 9.55 Å². The Balaban J connectivity index is 1.47. The Morgan fingerprint density at radius 2 is 1.79 bits per heavy atom. The van der Waals surface area contributed by atoms with Gasteiger partial charge >= 0.3 is 0 Å². The van der Waals surface area contributed by atoms with Crippen LogP contribution in [0.1, 0.15) is 15.9 Å². The van der Waals surface area contributed by atoms with E-state index >= 15 is 0 Å². The lowest BCUT2D eigenvalue weighted by Gasteiger charge is -2.11. The zero-order chi connectivity index (χ0) is 23.6. The van der Waals surface area contributed by atoms with Gasteiger partial charge in [0.25, 0.3) is 15.9 Å². The van der Waals surface area contributed by atoms with E-state index < -0.39 is 15.8 Å². The third kappa shape index (κ3) is 5.02. The predicted molar refractivity (Wildman–Crippen MR) is 127 cm³/mol. The van der Waals surface area contributed by atoms with Crippen LogP contribution in [0.2, 0.25) is 0 Å². The highest BCUT2D eigenvalue weighted by Crippen LogP contribution is 2.20. The number of aromatic amines is 1. The molecule has 33 heavy (non-hydrogen) atoms. The lowest BCUT2D eigenvalue weighted by atomic mass is 10.2. The molecule has 0 unspecified atom stereocenters.